The van der Waals surface area contributed by atoms with Crippen LogP contribution in [0.25, 0.3) is 10.9 Å². The van der Waals surface area contributed by atoms with Crippen molar-refractivity contribution in [2.75, 3.05) is 17.7 Å². The van der Waals surface area contributed by atoms with Crippen molar-refractivity contribution in [3.05, 3.63) is 47.9 Å². The number of nitrogens with zero attached hydrogens (tertiary/aromatic N) is 3. The minimum Gasteiger partial charge on any atom is -0.373 e. The Morgan fingerprint density at radius 1 is 0.952 bits per heavy atom. The Kier molecular flexibility index (Phi) is 3.39. The quantitative estimate of drug-likeness (QED) is 0.769. The highest BCUT2D eigenvalue weighted by Gasteiger charge is 2.09. The monoisotopic (exact) mass is 279 g/mol. The molecule has 1 aromatic carbocycles. The van der Waals surface area contributed by atoms with Crippen LogP contribution in [0.15, 0.2) is 36.5 Å². The smallest absolute Gasteiger partial charge is 0.139 e. The molecule has 106 valence electrons. The minimum absolute atomic E-state index is 0.728. The van der Waals surface area contributed by atoms with Crippen LogP contribution in [0, 0.1) is 13.8 Å². The number of hydrogen-bond acceptors (Lipinski definition) is 5. The third kappa shape index (κ3) is 2.50. The summed E-state index contributed by atoms with van der Waals surface area (Å²) in [5, 5.41) is 7.57. The maximum atomic E-state index is 4.50. The summed E-state index contributed by atoms with van der Waals surface area (Å²) < 4.78 is 0. The summed E-state index contributed by atoms with van der Waals surface area (Å²) in [5.74, 6) is 2.37. The van der Waals surface area contributed by atoms with E-state index in [-0.39, 0.29) is 0 Å². The molecule has 0 fully saturated rings. The van der Waals surface area contributed by atoms with E-state index in [1.807, 2.05) is 51.2 Å². The fourth-order valence-electron chi connectivity index (χ4n) is 2.33. The van der Waals surface area contributed by atoms with Crippen LogP contribution in [-0.2, 0) is 0 Å². The van der Waals surface area contributed by atoms with E-state index in [4.69, 9.17) is 0 Å². The van der Waals surface area contributed by atoms with Gasteiger partial charge in [-0.2, -0.15) is 0 Å². The molecule has 0 unspecified atom stereocenters. The molecule has 0 atom stereocenters. The lowest BCUT2D eigenvalue weighted by molar-refractivity contribution is 1.04. The van der Waals surface area contributed by atoms with Crippen LogP contribution in [-0.4, -0.2) is 22.0 Å². The first-order valence-corrected chi connectivity index (χ1v) is 6.83. The second kappa shape index (κ2) is 5.36. The maximum absolute atomic E-state index is 4.50. The number of rotatable bonds is 3. The van der Waals surface area contributed by atoms with Gasteiger partial charge in [0.05, 0.1) is 5.52 Å². The molecular weight excluding hydrogens is 262 g/mol. The number of anilines is 3. The number of hydrogen-bond donors (Lipinski definition) is 2. The molecule has 0 aliphatic carbocycles. The Hall–Kier alpha value is -2.69. The van der Waals surface area contributed by atoms with E-state index < -0.39 is 0 Å². The Morgan fingerprint density at radius 3 is 2.57 bits per heavy atom. The standard InChI is InChI=1S/C16H17N5/c1-10-15(17-3)19-11(2)20-16(10)21-14-8-4-7-13-12(14)6-5-9-18-13/h4-9H,1-3H3,(H2,17,19,20,21). The normalized spacial score (nSPS) is 10.6. The largest absolute Gasteiger partial charge is 0.373 e. The summed E-state index contributed by atoms with van der Waals surface area (Å²) in [4.78, 5) is 13.3. The van der Waals surface area contributed by atoms with Crippen LogP contribution in [0.2, 0.25) is 0 Å². The lowest BCUT2D eigenvalue weighted by Gasteiger charge is -2.14. The van der Waals surface area contributed by atoms with Gasteiger partial charge in [-0.3, -0.25) is 4.98 Å². The summed E-state index contributed by atoms with van der Waals surface area (Å²) in [5.41, 5.74) is 2.94. The molecule has 2 aromatic heterocycles. The molecule has 0 spiro atoms. The number of nitrogens with one attached hydrogen (secondary N) is 2. The molecule has 0 aliphatic rings. The van der Waals surface area contributed by atoms with Crippen LogP contribution >= 0.6 is 0 Å². The summed E-state index contributed by atoms with van der Waals surface area (Å²) in [6.07, 6.45) is 1.80. The van der Waals surface area contributed by atoms with Crippen molar-refractivity contribution in [2.45, 2.75) is 13.8 Å². The highest BCUT2D eigenvalue weighted by molar-refractivity contribution is 5.93. The van der Waals surface area contributed by atoms with Crippen molar-refractivity contribution < 1.29 is 0 Å². The van der Waals surface area contributed by atoms with E-state index >= 15 is 0 Å². The molecular formula is C16H17N5. The molecule has 2 N–H and O–H groups in total. The van der Waals surface area contributed by atoms with Gasteiger partial charge in [0.25, 0.3) is 0 Å². The van der Waals surface area contributed by atoms with Crippen LogP contribution < -0.4 is 10.6 Å². The molecule has 0 saturated carbocycles. The molecule has 0 amide bonds. The highest BCUT2D eigenvalue weighted by Crippen LogP contribution is 2.27. The molecule has 0 radical (unpaired) electrons. The van der Waals surface area contributed by atoms with Crippen molar-refractivity contribution in [3.63, 3.8) is 0 Å². The second-order valence-corrected chi connectivity index (χ2v) is 4.84. The van der Waals surface area contributed by atoms with Gasteiger partial charge in [0.15, 0.2) is 0 Å². The average molecular weight is 279 g/mol. The predicted octanol–water partition coefficient (Wildman–Crippen LogP) is 3.43. The maximum Gasteiger partial charge on any atom is 0.139 e. The van der Waals surface area contributed by atoms with E-state index in [1.165, 1.54) is 0 Å². The van der Waals surface area contributed by atoms with E-state index in [0.29, 0.717) is 0 Å². The first-order valence-electron chi connectivity index (χ1n) is 6.83. The van der Waals surface area contributed by atoms with Crippen LogP contribution in [0.4, 0.5) is 17.3 Å². The molecule has 21 heavy (non-hydrogen) atoms. The lowest BCUT2D eigenvalue weighted by Crippen LogP contribution is -2.05. The Bertz CT molecular complexity index is 793. The van der Waals surface area contributed by atoms with E-state index in [1.54, 1.807) is 6.20 Å². The van der Waals surface area contributed by atoms with Gasteiger partial charge in [0, 0.05) is 29.9 Å². The van der Waals surface area contributed by atoms with Gasteiger partial charge < -0.3 is 10.6 Å². The van der Waals surface area contributed by atoms with Gasteiger partial charge in [-0.15, -0.1) is 0 Å². The van der Waals surface area contributed by atoms with Crippen molar-refractivity contribution in [1.82, 2.24) is 15.0 Å². The fraction of sp³-hybridized carbons (Fsp3) is 0.188. The van der Waals surface area contributed by atoms with Gasteiger partial charge in [-0.1, -0.05) is 6.07 Å². The van der Waals surface area contributed by atoms with Gasteiger partial charge in [-0.25, -0.2) is 9.97 Å². The molecule has 0 saturated heterocycles. The summed E-state index contributed by atoms with van der Waals surface area (Å²) in [7, 11) is 1.86. The minimum atomic E-state index is 0.728. The number of aromatic nitrogens is 3. The topological polar surface area (TPSA) is 62.7 Å². The van der Waals surface area contributed by atoms with Gasteiger partial charge in [0.2, 0.25) is 0 Å². The van der Waals surface area contributed by atoms with Crippen molar-refractivity contribution in [2.24, 2.45) is 0 Å². The third-order valence-corrected chi connectivity index (χ3v) is 3.39. The number of fused-ring (bicyclic) bond motifs is 1. The zero-order chi connectivity index (χ0) is 14.8. The summed E-state index contributed by atoms with van der Waals surface area (Å²) >= 11 is 0. The average Bonchev–Trinajstić information content (AvgIpc) is 2.51. The Morgan fingerprint density at radius 2 is 1.76 bits per heavy atom. The molecule has 5 heteroatoms. The summed E-state index contributed by atoms with van der Waals surface area (Å²) in [6, 6.07) is 10.00. The lowest BCUT2D eigenvalue weighted by atomic mass is 10.1. The zero-order valence-corrected chi connectivity index (χ0v) is 12.3. The Labute approximate surface area is 123 Å². The SMILES string of the molecule is CNc1nc(C)nc(Nc2cccc3ncccc23)c1C. The summed E-state index contributed by atoms with van der Waals surface area (Å²) in [6.45, 7) is 3.88. The highest BCUT2D eigenvalue weighted by atomic mass is 15.1. The van der Waals surface area contributed by atoms with Crippen LogP contribution in [0.5, 0.6) is 0 Å². The molecule has 5 nitrogen and oxygen atoms in total. The second-order valence-electron chi connectivity index (χ2n) is 4.84. The zero-order valence-electron chi connectivity index (χ0n) is 12.3. The van der Waals surface area contributed by atoms with Gasteiger partial charge in [-0.05, 0) is 38.1 Å². The van der Waals surface area contributed by atoms with Crippen LogP contribution in [0.3, 0.4) is 0 Å². The number of aryl methyl sites for hydroxylation is 1. The fourth-order valence-corrected chi connectivity index (χ4v) is 2.33. The third-order valence-electron chi connectivity index (χ3n) is 3.39. The molecule has 3 aromatic rings. The predicted molar refractivity (Wildman–Crippen MR) is 86.1 cm³/mol. The molecule has 0 bridgehead atoms. The molecule has 3 rings (SSSR count). The van der Waals surface area contributed by atoms with Crippen molar-refractivity contribution >= 4 is 28.2 Å². The van der Waals surface area contributed by atoms with Gasteiger partial charge in [0.1, 0.15) is 17.5 Å². The Balaban J connectivity index is 2.09. The van der Waals surface area contributed by atoms with E-state index in [0.717, 1.165) is 39.6 Å². The van der Waals surface area contributed by atoms with E-state index in [9.17, 15) is 0 Å². The number of benzene rings is 1. The first-order chi connectivity index (χ1) is 10.2. The molecule has 2 heterocycles. The number of pyridine rings is 1. The van der Waals surface area contributed by atoms with Crippen LogP contribution in [0.1, 0.15) is 11.4 Å². The van der Waals surface area contributed by atoms with Crippen molar-refractivity contribution in [1.29, 1.82) is 0 Å². The van der Waals surface area contributed by atoms with Gasteiger partial charge >= 0.3 is 0 Å². The van der Waals surface area contributed by atoms with E-state index in [2.05, 4.69) is 25.6 Å². The first kappa shape index (κ1) is 13.3. The van der Waals surface area contributed by atoms with Crippen molar-refractivity contribution in [3.8, 4) is 0 Å². The molecule has 0 aliphatic heterocycles.